The van der Waals surface area contributed by atoms with Gasteiger partial charge in [-0.2, -0.15) is 0 Å². The summed E-state index contributed by atoms with van der Waals surface area (Å²) < 4.78 is 28.4. The van der Waals surface area contributed by atoms with Crippen LogP contribution in [0.5, 0.6) is 5.75 Å². The fourth-order valence-corrected chi connectivity index (χ4v) is 5.02. The van der Waals surface area contributed by atoms with Crippen molar-refractivity contribution in [1.82, 2.24) is 0 Å². The maximum absolute atomic E-state index is 13.5. The van der Waals surface area contributed by atoms with Gasteiger partial charge in [0.05, 0.1) is 10.8 Å². The minimum absolute atomic E-state index is 0.0812. The zero-order chi connectivity index (χ0) is 22.4. The summed E-state index contributed by atoms with van der Waals surface area (Å²) in [5.41, 5.74) is 2.13. The van der Waals surface area contributed by atoms with E-state index < -0.39 is 5.97 Å². The van der Waals surface area contributed by atoms with Crippen molar-refractivity contribution in [2.75, 3.05) is 18.4 Å². The molecule has 0 fully saturated rings. The molecule has 2 aromatic carbocycles. The third-order valence-corrected chi connectivity index (χ3v) is 6.68. The van der Waals surface area contributed by atoms with E-state index in [2.05, 4.69) is 4.72 Å². The number of esters is 1. The molecule has 9 heteroatoms. The van der Waals surface area contributed by atoms with Crippen LogP contribution in [0.15, 0.2) is 52.7 Å². The number of thiophene rings is 1. The van der Waals surface area contributed by atoms with Crippen molar-refractivity contribution < 1.29 is 23.8 Å². The standard InChI is InChI=1S/C22H21ClFNO4S2/c1-3-16(12-28-2)29-22(27)17-8-7-15(10-19(17)26)25-31-20-11-18(21(23)30-20)13-5-4-6-14(24)9-13/h4-11,16,25-26H,3,12H2,1-2H3. The number of hydrogen-bond donors (Lipinski definition) is 2. The Morgan fingerprint density at radius 1 is 1.29 bits per heavy atom. The lowest BCUT2D eigenvalue weighted by Crippen LogP contribution is -2.22. The van der Waals surface area contributed by atoms with Gasteiger partial charge in [-0.05, 0) is 54.3 Å². The van der Waals surface area contributed by atoms with Crippen LogP contribution in [0.2, 0.25) is 4.34 Å². The smallest absolute Gasteiger partial charge is 0.342 e. The van der Waals surface area contributed by atoms with Gasteiger partial charge in [-0.1, -0.05) is 30.7 Å². The van der Waals surface area contributed by atoms with Crippen molar-refractivity contribution >= 4 is 46.5 Å². The van der Waals surface area contributed by atoms with Gasteiger partial charge in [-0.15, -0.1) is 11.3 Å². The number of benzene rings is 2. The second-order valence-electron chi connectivity index (χ2n) is 6.59. The third-order valence-electron chi connectivity index (χ3n) is 4.37. The van der Waals surface area contributed by atoms with Crippen LogP contribution >= 0.6 is 34.9 Å². The SMILES string of the molecule is CCC(COC)OC(=O)c1ccc(NSc2cc(-c3cccc(F)c3)c(Cl)s2)cc1O. The molecule has 0 saturated heterocycles. The fraction of sp³-hybridized carbons (Fsp3) is 0.227. The Morgan fingerprint density at radius 2 is 2.10 bits per heavy atom. The van der Waals surface area contributed by atoms with Gasteiger partial charge in [0.15, 0.2) is 0 Å². The molecule has 0 spiro atoms. The van der Waals surface area contributed by atoms with Crippen molar-refractivity contribution in [3.05, 3.63) is 64.2 Å². The number of methoxy groups -OCH3 is 1. The van der Waals surface area contributed by atoms with E-state index in [1.165, 1.54) is 54.7 Å². The number of carbonyl (C=O) groups is 1. The summed E-state index contributed by atoms with van der Waals surface area (Å²) in [6, 6.07) is 12.7. The normalized spacial score (nSPS) is 11.9. The first-order valence-corrected chi connectivity index (χ1v) is 11.4. The molecule has 3 aromatic rings. The molecule has 0 aliphatic rings. The summed E-state index contributed by atoms with van der Waals surface area (Å²) in [7, 11) is 1.54. The average Bonchev–Trinajstić information content (AvgIpc) is 3.12. The van der Waals surface area contributed by atoms with E-state index >= 15 is 0 Å². The summed E-state index contributed by atoms with van der Waals surface area (Å²) in [5, 5.41) is 10.3. The van der Waals surface area contributed by atoms with Crippen LogP contribution in [0.4, 0.5) is 10.1 Å². The Hall–Kier alpha value is -2.26. The molecule has 5 nitrogen and oxygen atoms in total. The zero-order valence-corrected chi connectivity index (χ0v) is 19.2. The van der Waals surface area contributed by atoms with Crippen LogP contribution in [0.25, 0.3) is 11.1 Å². The van der Waals surface area contributed by atoms with Gasteiger partial charge in [0.2, 0.25) is 0 Å². The number of nitrogens with one attached hydrogen (secondary N) is 1. The van der Waals surface area contributed by atoms with Crippen LogP contribution in [-0.4, -0.2) is 30.9 Å². The monoisotopic (exact) mass is 481 g/mol. The highest BCUT2D eigenvalue weighted by atomic mass is 35.5. The van der Waals surface area contributed by atoms with E-state index in [9.17, 15) is 14.3 Å². The Bertz CT molecular complexity index is 1060. The van der Waals surface area contributed by atoms with E-state index in [0.29, 0.717) is 28.6 Å². The van der Waals surface area contributed by atoms with Gasteiger partial charge in [0, 0.05) is 24.4 Å². The summed E-state index contributed by atoms with van der Waals surface area (Å²) in [4.78, 5) is 12.3. The maximum Gasteiger partial charge on any atom is 0.342 e. The van der Waals surface area contributed by atoms with Gasteiger partial charge >= 0.3 is 5.97 Å². The van der Waals surface area contributed by atoms with Gasteiger partial charge < -0.3 is 19.3 Å². The minimum Gasteiger partial charge on any atom is -0.507 e. The van der Waals surface area contributed by atoms with Crippen LogP contribution < -0.4 is 4.72 Å². The largest absolute Gasteiger partial charge is 0.507 e. The number of rotatable bonds is 9. The number of phenols is 1. The number of aromatic hydroxyl groups is 1. The molecule has 1 heterocycles. The van der Waals surface area contributed by atoms with Crippen molar-refractivity contribution in [2.24, 2.45) is 0 Å². The third kappa shape index (κ3) is 6.13. The summed E-state index contributed by atoms with van der Waals surface area (Å²) >= 11 is 8.98. The molecule has 1 unspecified atom stereocenters. The molecule has 0 saturated carbocycles. The molecule has 0 amide bonds. The molecular formula is C22H21ClFNO4S2. The predicted octanol–water partition coefficient (Wildman–Crippen LogP) is 6.61. The van der Waals surface area contributed by atoms with Gasteiger partial charge in [-0.3, -0.25) is 0 Å². The highest BCUT2D eigenvalue weighted by Crippen LogP contribution is 2.40. The first kappa shape index (κ1) is 23.4. The van der Waals surface area contributed by atoms with Crippen LogP contribution in [0.1, 0.15) is 23.7 Å². The summed E-state index contributed by atoms with van der Waals surface area (Å²) in [5.74, 6) is -1.12. The molecule has 1 aromatic heterocycles. The van der Waals surface area contributed by atoms with Crippen LogP contribution in [0.3, 0.4) is 0 Å². The number of anilines is 1. The Balaban J connectivity index is 1.66. The van der Waals surface area contributed by atoms with E-state index in [4.69, 9.17) is 21.1 Å². The lowest BCUT2D eigenvalue weighted by molar-refractivity contribution is 0.00451. The molecule has 2 N–H and O–H groups in total. The van der Waals surface area contributed by atoms with Crippen molar-refractivity contribution in [3.8, 4) is 16.9 Å². The predicted molar refractivity (Wildman–Crippen MR) is 124 cm³/mol. The molecular weight excluding hydrogens is 461 g/mol. The quantitative estimate of drug-likeness (QED) is 0.264. The highest BCUT2D eigenvalue weighted by Gasteiger charge is 2.18. The Kier molecular flexibility index (Phi) is 8.20. The lowest BCUT2D eigenvalue weighted by Gasteiger charge is -2.16. The Morgan fingerprint density at radius 3 is 2.77 bits per heavy atom. The molecule has 31 heavy (non-hydrogen) atoms. The number of halogens is 2. The van der Waals surface area contributed by atoms with Gasteiger partial charge in [0.25, 0.3) is 0 Å². The second kappa shape index (κ2) is 10.9. The van der Waals surface area contributed by atoms with E-state index in [0.717, 1.165) is 9.77 Å². The lowest BCUT2D eigenvalue weighted by atomic mass is 10.1. The molecule has 0 aliphatic heterocycles. The molecule has 0 aliphatic carbocycles. The first-order chi connectivity index (χ1) is 14.9. The van der Waals surface area contributed by atoms with Gasteiger partial charge in [0.1, 0.15) is 27.6 Å². The second-order valence-corrected chi connectivity index (χ2v) is 9.35. The Labute approximate surface area is 193 Å². The highest BCUT2D eigenvalue weighted by molar-refractivity contribution is 8.02. The minimum atomic E-state index is -0.606. The zero-order valence-electron chi connectivity index (χ0n) is 16.9. The topological polar surface area (TPSA) is 67.8 Å². The van der Waals surface area contributed by atoms with Crippen molar-refractivity contribution in [1.29, 1.82) is 0 Å². The van der Waals surface area contributed by atoms with Crippen LogP contribution in [0, 0.1) is 5.82 Å². The number of phenolic OH excluding ortho intramolecular Hbond substituents is 1. The van der Waals surface area contributed by atoms with Gasteiger partial charge in [-0.25, -0.2) is 9.18 Å². The molecule has 0 bridgehead atoms. The van der Waals surface area contributed by atoms with Crippen molar-refractivity contribution in [2.45, 2.75) is 23.7 Å². The molecule has 0 radical (unpaired) electrons. The van der Waals surface area contributed by atoms with E-state index in [1.807, 2.05) is 13.0 Å². The van der Waals surface area contributed by atoms with Crippen molar-refractivity contribution in [3.63, 3.8) is 0 Å². The molecule has 1 atom stereocenters. The first-order valence-electron chi connectivity index (χ1n) is 9.42. The molecule has 164 valence electrons. The van der Waals surface area contributed by atoms with E-state index in [1.54, 1.807) is 18.2 Å². The number of carbonyl (C=O) groups excluding carboxylic acids is 1. The maximum atomic E-state index is 13.5. The summed E-state index contributed by atoms with van der Waals surface area (Å²) in [6.45, 7) is 2.18. The number of ether oxygens (including phenoxy) is 2. The number of hydrogen-bond acceptors (Lipinski definition) is 7. The average molecular weight is 482 g/mol. The van der Waals surface area contributed by atoms with E-state index in [-0.39, 0.29) is 23.2 Å². The molecule has 3 rings (SSSR count). The summed E-state index contributed by atoms with van der Waals surface area (Å²) in [6.07, 6.45) is 0.235. The van der Waals surface area contributed by atoms with Crippen LogP contribution in [-0.2, 0) is 9.47 Å². The fourth-order valence-electron chi connectivity index (χ4n) is 2.76.